The van der Waals surface area contributed by atoms with E-state index in [0.29, 0.717) is 27.9 Å². The van der Waals surface area contributed by atoms with E-state index < -0.39 is 23.4 Å². The number of carbonyl (C=O) groups excluding carboxylic acids is 2. The Morgan fingerprint density at radius 1 is 1.06 bits per heavy atom. The molecule has 0 aromatic carbocycles. The van der Waals surface area contributed by atoms with Crippen molar-refractivity contribution in [2.45, 2.75) is 20.0 Å². The molecule has 0 saturated carbocycles. The number of pyridine rings is 3. The number of nitrogen functional groups attached to an aromatic ring is 1. The maximum Gasteiger partial charge on any atom is 0.314 e. The van der Waals surface area contributed by atoms with Crippen LogP contribution in [0.15, 0.2) is 43.0 Å². The first-order valence-electron chi connectivity index (χ1n) is 9.71. The van der Waals surface area contributed by atoms with Crippen molar-refractivity contribution < 1.29 is 18.4 Å². The zero-order valence-corrected chi connectivity index (χ0v) is 17.3. The minimum absolute atomic E-state index is 0.100. The van der Waals surface area contributed by atoms with E-state index in [1.54, 1.807) is 6.92 Å². The van der Waals surface area contributed by atoms with Gasteiger partial charge in [0.1, 0.15) is 17.5 Å². The van der Waals surface area contributed by atoms with Crippen molar-refractivity contribution in [1.29, 1.82) is 0 Å². The largest absolute Gasteiger partial charge is 0.383 e. The normalized spacial score (nSPS) is 10.9. The summed E-state index contributed by atoms with van der Waals surface area (Å²) in [6.07, 6.45) is 4.79. The molecule has 10 nitrogen and oxygen atoms in total. The summed E-state index contributed by atoms with van der Waals surface area (Å²) in [7, 11) is 0. The number of hydrogen-bond acceptors (Lipinski definition) is 7. The first kappa shape index (κ1) is 21.7. The molecule has 4 heterocycles. The van der Waals surface area contributed by atoms with Gasteiger partial charge < -0.3 is 16.0 Å². The summed E-state index contributed by atoms with van der Waals surface area (Å²) in [5.41, 5.74) is 7.66. The van der Waals surface area contributed by atoms with Gasteiger partial charge >= 0.3 is 11.8 Å². The number of hydrogen-bond donors (Lipinski definition) is 3. The average molecular weight is 452 g/mol. The number of aryl methyl sites for hydroxylation is 1. The third-order valence-electron chi connectivity index (χ3n) is 4.88. The summed E-state index contributed by atoms with van der Waals surface area (Å²) >= 11 is 0. The van der Waals surface area contributed by atoms with E-state index >= 15 is 0 Å². The van der Waals surface area contributed by atoms with Crippen molar-refractivity contribution in [2.75, 3.05) is 11.1 Å². The van der Waals surface area contributed by atoms with Crippen LogP contribution in [-0.2, 0) is 22.7 Å². The van der Waals surface area contributed by atoms with E-state index in [4.69, 9.17) is 5.73 Å². The second-order valence-corrected chi connectivity index (χ2v) is 7.22. The first-order valence-corrected chi connectivity index (χ1v) is 9.71. The van der Waals surface area contributed by atoms with E-state index in [0.717, 1.165) is 12.4 Å². The van der Waals surface area contributed by atoms with Crippen LogP contribution in [-0.4, -0.2) is 41.9 Å². The number of nitrogens with two attached hydrogens (primary N) is 1. The Morgan fingerprint density at radius 2 is 1.85 bits per heavy atom. The standard InChI is InChI=1S/C21H18F2N8O2/c1-11-4-13(23)6-26-17(11)10-31(9-14-3-2-12(22)5-25-14)21(33)20(32)29-16-8-27-19(24)15-7-28-30-18(15)16/h2-8H,9-10H2,1H3,(H2,24,27)(H,28,30)(H,29,32). The fraction of sp³-hybridized carbons (Fsp3) is 0.143. The lowest BCUT2D eigenvalue weighted by atomic mass is 10.2. The summed E-state index contributed by atoms with van der Waals surface area (Å²) in [5, 5.41) is 9.56. The monoisotopic (exact) mass is 452 g/mol. The fourth-order valence-electron chi connectivity index (χ4n) is 3.18. The minimum Gasteiger partial charge on any atom is -0.383 e. The SMILES string of the molecule is Cc1cc(F)cnc1CN(Cc1ccc(F)cn1)C(=O)C(=O)Nc1cnc(N)c2cn[nH]c12. The molecule has 168 valence electrons. The molecule has 4 aromatic rings. The van der Waals surface area contributed by atoms with Crippen molar-refractivity contribution in [3.63, 3.8) is 0 Å². The van der Waals surface area contributed by atoms with Crippen molar-refractivity contribution in [3.8, 4) is 0 Å². The molecular formula is C21H18F2N8O2. The predicted octanol–water partition coefficient (Wildman–Crippen LogP) is 2.08. The Hall–Kier alpha value is -4.48. The van der Waals surface area contributed by atoms with E-state index in [1.807, 2.05) is 0 Å². The van der Waals surface area contributed by atoms with Crippen molar-refractivity contribution >= 4 is 34.2 Å². The molecule has 0 saturated heterocycles. The van der Waals surface area contributed by atoms with Crippen LogP contribution in [0.3, 0.4) is 0 Å². The van der Waals surface area contributed by atoms with Gasteiger partial charge in [-0.2, -0.15) is 5.10 Å². The Bertz CT molecular complexity index is 1340. The molecule has 4 rings (SSSR count). The molecule has 33 heavy (non-hydrogen) atoms. The number of carbonyl (C=O) groups is 2. The Kier molecular flexibility index (Phi) is 5.89. The van der Waals surface area contributed by atoms with Crippen molar-refractivity contribution in [3.05, 3.63) is 71.6 Å². The molecular weight excluding hydrogens is 434 g/mol. The van der Waals surface area contributed by atoms with Crippen LogP contribution < -0.4 is 11.1 Å². The van der Waals surface area contributed by atoms with E-state index in [1.165, 1.54) is 35.5 Å². The van der Waals surface area contributed by atoms with Gasteiger partial charge in [-0.05, 0) is 30.7 Å². The number of anilines is 2. The van der Waals surface area contributed by atoms with Gasteiger partial charge in [-0.25, -0.2) is 13.8 Å². The molecule has 0 radical (unpaired) electrons. The van der Waals surface area contributed by atoms with Gasteiger partial charge in [0.15, 0.2) is 0 Å². The maximum absolute atomic E-state index is 13.5. The van der Waals surface area contributed by atoms with Gasteiger partial charge in [0.25, 0.3) is 0 Å². The van der Waals surface area contributed by atoms with Gasteiger partial charge in [0.2, 0.25) is 0 Å². The molecule has 0 bridgehead atoms. The highest BCUT2D eigenvalue weighted by Crippen LogP contribution is 2.24. The maximum atomic E-state index is 13.5. The molecule has 0 aliphatic heterocycles. The topological polar surface area (TPSA) is 143 Å². The quantitative estimate of drug-likeness (QED) is 0.394. The molecule has 12 heteroatoms. The van der Waals surface area contributed by atoms with Crippen LogP contribution in [0.1, 0.15) is 17.0 Å². The predicted molar refractivity (Wildman–Crippen MR) is 114 cm³/mol. The van der Waals surface area contributed by atoms with Gasteiger partial charge in [-0.1, -0.05) is 0 Å². The lowest BCUT2D eigenvalue weighted by Crippen LogP contribution is -2.39. The van der Waals surface area contributed by atoms with Gasteiger partial charge in [0, 0.05) is 0 Å². The molecule has 0 aliphatic carbocycles. The summed E-state index contributed by atoms with van der Waals surface area (Å²) in [6.45, 7) is 1.43. The molecule has 0 fully saturated rings. The smallest absolute Gasteiger partial charge is 0.314 e. The Balaban J connectivity index is 1.60. The van der Waals surface area contributed by atoms with Gasteiger partial charge in [-0.3, -0.25) is 24.7 Å². The first-order chi connectivity index (χ1) is 15.8. The van der Waals surface area contributed by atoms with Crippen LogP contribution in [0.5, 0.6) is 0 Å². The lowest BCUT2D eigenvalue weighted by Gasteiger charge is -2.22. The van der Waals surface area contributed by atoms with E-state index in [2.05, 4.69) is 30.5 Å². The van der Waals surface area contributed by atoms with Gasteiger partial charge in [-0.15, -0.1) is 0 Å². The number of halogens is 2. The molecule has 0 unspecified atom stereocenters. The van der Waals surface area contributed by atoms with Crippen LogP contribution in [0.25, 0.3) is 10.9 Å². The number of nitrogens with zero attached hydrogens (tertiary/aromatic N) is 5. The van der Waals surface area contributed by atoms with Crippen molar-refractivity contribution in [2.24, 2.45) is 0 Å². The summed E-state index contributed by atoms with van der Waals surface area (Å²) in [4.78, 5) is 39.0. The number of amides is 2. The van der Waals surface area contributed by atoms with Crippen LogP contribution >= 0.6 is 0 Å². The third-order valence-corrected chi connectivity index (χ3v) is 4.88. The second kappa shape index (κ2) is 8.94. The van der Waals surface area contributed by atoms with Crippen LogP contribution in [0, 0.1) is 18.6 Å². The third kappa shape index (κ3) is 4.74. The Morgan fingerprint density at radius 3 is 2.58 bits per heavy atom. The van der Waals surface area contributed by atoms with Crippen LogP contribution in [0.2, 0.25) is 0 Å². The highest BCUT2D eigenvalue weighted by molar-refractivity contribution is 6.40. The number of nitrogens with one attached hydrogen (secondary N) is 2. The molecule has 0 atom stereocenters. The second-order valence-electron chi connectivity index (χ2n) is 7.22. The zero-order chi connectivity index (χ0) is 23.5. The molecule has 0 spiro atoms. The Labute approximate surface area is 185 Å². The summed E-state index contributed by atoms with van der Waals surface area (Å²) in [6, 6.07) is 3.87. The number of rotatable bonds is 5. The molecule has 2 amide bonds. The highest BCUT2D eigenvalue weighted by Gasteiger charge is 2.25. The van der Waals surface area contributed by atoms with Crippen LogP contribution in [0.4, 0.5) is 20.3 Å². The summed E-state index contributed by atoms with van der Waals surface area (Å²) in [5.74, 6) is -2.71. The molecule has 0 aliphatic rings. The number of aromatic nitrogens is 5. The van der Waals surface area contributed by atoms with Crippen molar-refractivity contribution in [1.82, 2.24) is 30.0 Å². The van der Waals surface area contributed by atoms with E-state index in [9.17, 15) is 18.4 Å². The van der Waals surface area contributed by atoms with E-state index in [-0.39, 0.29) is 24.6 Å². The number of fused-ring (bicyclic) bond motifs is 1. The lowest BCUT2D eigenvalue weighted by molar-refractivity contribution is -0.144. The summed E-state index contributed by atoms with van der Waals surface area (Å²) < 4.78 is 26.7. The molecule has 4 N–H and O–H groups in total. The molecule has 4 aromatic heterocycles. The zero-order valence-electron chi connectivity index (χ0n) is 17.3. The van der Waals surface area contributed by atoms with Gasteiger partial charge in [0.05, 0.1) is 65.9 Å². The highest BCUT2D eigenvalue weighted by atomic mass is 19.1. The average Bonchev–Trinajstić information content (AvgIpc) is 3.29. The number of H-pyrrole nitrogens is 1. The minimum atomic E-state index is -0.959. The fourth-order valence-corrected chi connectivity index (χ4v) is 3.18. The number of aromatic amines is 1.